The Morgan fingerprint density at radius 2 is 2.06 bits per heavy atom. The molecule has 3 aromatic rings. The smallest absolute Gasteiger partial charge is 0.340 e. The van der Waals surface area contributed by atoms with Crippen molar-refractivity contribution in [2.24, 2.45) is 0 Å². The van der Waals surface area contributed by atoms with Crippen molar-refractivity contribution in [3.05, 3.63) is 65.2 Å². The molecule has 0 bridgehead atoms. The highest BCUT2D eigenvalue weighted by molar-refractivity contribution is 7.13. The molecule has 1 fully saturated rings. The van der Waals surface area contributed by atoms with Crippen LogP contribution in [0.1, 0.15) is 28.9 Å². The number of carbonyl (C=O) groups is 3. The molecule has 31 heavy (non-hydrogen) atoms. The number of esters is 1. The predicted molar refractivity (Wildman–Crippen MR) is 119 cm³/mol. The number of benzene rings is 1. The van der Waals surface area contributed by atoms with Crippen molar-refractivity contribution in [1.29, 1.82) is 0 Å². The predicted octanol–water partition coefficient (Wildman–Crippen LogP) is 4.04. The molecule has 0 aliphatic carbocycles. The number of aromatic nitrogens is 1. The normalized spacial score (nSPS) is 13.3. The molecule has 0 saturated carbocycles. The van der Waals surface area contributed by atoms with Gasteiger partial charge in [-0.2, -0.15) is 0 Å². The van der Waals surface area contributed by atoms with Crippen LogP contribution >= 0.6 is 11.3 Å². The van der Waals surface area contributed by atoms with E-state index in [0.717, 1.165) is 22.7 Å². The second-order valence-electron chi connectivity index (χ2n) is 7.13. The summed E-state index contributed by atoms with van der Waals surface area (Å²) in [4.78, 5) is 43.7. The number of hydrogen-bond acceptors (Lipinski definition) is 6. The summed E-state index contributed by atoms with van der Waals surface area (Å²) in [5, 5.41) is 4.67. The Morgan fingerprint density at radius 3 is 2.77 bits per heavy atom. The second kappa shape index (κ2) is 9.09. The third kappa shape index (κ3) is 4.80. The first-order chi connectivity index (χ1) is 15.0. The zero-order valence-electron chi connectivity index (χ0n) is 17.0. The lowest BCUT2D eigenvalue weighted by molar-refractivity contribution is -0.119. The van der Waals surface area contributed by atoms with Gasteiger partial charge in [-0.3, -0.25) is 14.6 Å². The molecule has 1 saturated heterocycles. The number of hydrogen-bond donors (Lipinski definition) is 1. The maximum absolute atomic E-state index is 12.4. The maximum atomic E-state index is 12.4. The average Bonchev–Trinajstić information content (AvgIpc) is 3.44. The van der Waals surface area contributed by atoms with Crippen LogP contribution in [0.25, 0.3) is 10.6 Å². The van der Waals surface area contributed by atoms with Crippen LogP contribution in [0.2, 0.25) is 0 Å². The van der Waals surface area contributed by atoms with E-state index in [0.29, 0.717) is 29.9 Å². The number of nitrogens with one attached hydrogen (secondary N) is 1. The van der Waals surface area contributed by atoms with E-state index in [2.05, 4.69) is 10.3 Å². The molecular formula is C23H21N3O4S. The number of aryl methyl sites for hydroxylation is 1. The number of anilines is 2. The summed E-state index contributed by atoms with van der Waals surface area (Å²) >= 11 is 1.57. The van der Waals surface area contributed by atoms with Crippen LogP contribution in [0.4, 0.5) is 11.4 Å². The van der Waals surface area contributed by atoms with Gasteiger partial charge >= 0.3 is 5.97 Å². The van der Waals surface area contributed by atoms with Gasteiger partial charge in [0.15, 0.2) is 6.61 Å². The third-order valence-corrected chi connectivity index (χ3v) is 5.82. The summed E-state index contributed by atoms with van der Waals surface area (Å²) in [6.07, 6.45) is 1.36. The van der Waals surface area contributed by atoms with Gasteiger partial charge in [-0.15, -0.1) is 11.3 Å². The highest BCUT2D eigenvalue weighted by Crippen LogP contribution is 2.25. The van der Waals surface area contributed by atoms with E-state index in [4.69, 9.17) is 4.74 Å². The van der Waals surface area contributed by atoms with Gasteiger partial charge in [0.05, 0.1) is 21.8 Å². The van der Waals surface area contributed by atoms with Crippen LogP contribution in [0.5, 0.6) is 0 Å². The highest BCUT2D eigenvalue weighted by Gasteiger charge is 2.22. The first-order valence-electron chi connectivity index (χ1n) is 9.90. The fourth-order valence-corrected chi connectivity index (χ4v) is 4.11. The molecule has 2 amide bonds. The lowest BCUT2D eigenvalue weighted by atomic mass is 10.2. The van der Waals surface area contributed by atoms with Crippen LogP contribution in [-0.2, 0) is 14.3 Å². The van der Waals surface area contributed by atoms with E-state index in [1.165, 1.54) is 0 Å². The zero-order valence-corrected chi connectivity index (χ0v) is 17.8. The van der Waals surface area contributed by atoms with Gasteiger partial charge in [0.1, 0.15) is 0 Å². The molecule has 0 atom stereocenters. The second-order valence-corrected chi connectivity index (χ2v) is 8.08. The molecule has 0 radical (unpaired) electrons. The molecule has 1 aliphatic heterocycles. The average molecular weight is 436 g/mol. The summed E-state index contributed by atoms with van der Waals surface area (Å²) in [7, 11) is 0. The van der Waals surface area contributed by atoms with Crippen molar-refractivity contribution in [2.45, 2.75) is 19.8 Å². The molecule has 2 aromatic heterocycles. The maximum Gasteiger partial charge on any atom is 0.340 e. The fourth-order valence-electron chi connectivity index (χ4n) is 3.42. The summed E-state index contributed by atoms with van der Waals surface area (Å²) in [6.45, 7) is 1.99. The van der Waals surface area contributed by atoms with Gasteiger partial charge in [-0.25, -0.2) is 4.79 Å². The van der Waals surface area contributed by atoms with Gasteiger partial charge in [-0.05, 0) is 55.1 Å². The Hall–Kier alpha value is -3.52. The fraction of sp³-hybridized carbons (Fsp3) is 0.217. The first kappa shape index (κ1) is 20.7. The lowest BCUT2D eigenvalue weighted by Gasteiger charge is -2.16. The van der Waals surface area contributed by atoms with E-state index >= 15 is 0 Å². The van der Waals surface area contributed by atoms with Crippen molar-refractivity contribution in [3.63, 3.8) is 0 Å². The Labute approximate surface area is 183 Å². The lowest BCUT2D eigenvalue weighted by Crippen LogP contribution is -2.24. The van der Waals surface area contributed by atoms with E-state index < -0.39 is 18.5 Å². The van der Waals surface area contributed by atoms with Gasteiger partial charge < -0.3 is 15.0 Å². The van der Waals surface area contributed by atoms with E-state index in [-0.39, 0.29) is 5.91 Å². The van der Waals surface area contributed by atoms with Crippen molar-refractivity contribution >= 4 is 40.5 Å². The Bertz CT molecular complexity index is 1130. The summed E-state index contributed by atoms with van der Waals surface area (Å²) in [5.74, 6) is -0.986. The zero-order chi connectivity index (χ0) is 21.8. The number of carbonyl (C=O) groups excluding carboxylic acids is 3. The topological polar surface area (TPSA) is 88.6 Å². The number of nitrogens with zero attached hydrogens (tertiary/aromatic N) is 2. The standard InChI is InChI=1S/C23H21N3O4S/c1-15-18(9-10-19(24-15)20-7-4-12-31-20)23(29)30-14-21(27)25-16-5-2-6-17(13-16)26-11-3-8-22(26)28/h2,4-7,9-10,12-13H,3,8,11,14H2,1H3,(H,25,27). The number of rotatable bonds is 6. The van der Waals surface area contributed by atoms with Gasteiger partial charge in [0, 0.05) is 24.3 Å². The monoisotopic (exact) mass is 435 g/mol. The molecular weight excluding hydrogens is 414 g/mol. The molecule has 1 aromatic carbocycles. The largest absolute Gasteiger partial charge is 0.452 e. The first-order valence-corrected chi connectivity index (χ1v) is 10.8. The minimum Gasteiger partial charge on any atom is -0.452 e. The van der Waals surface area contributed by atoms with Crippen molar-refractivity contribution in [3.8, 4) is 10.6 Å². The number of pyridine rings is 1. The van der Waals surface area contributed by atoms with E-state index in [1.54, 1.807) is 53.5 Å². The van der Waals surface area contributed by atoms with Crippen LogP contribution in [-0.4, -0.2) is 35.9 Å². The minimum absolute atomic E-state index is 0.0754. The highest BCUT2D eigenvalue weighted by atomic mass is 32.1. The van der Waals surface area contributed by atoms with E-state index in [1.807, 2.05) is 23.6 Å². The van der Waals surface area contributed by atoms with Crippen LogP contribution in [0.3, 0.4) is 0 Å². The van der Waals surface area contributed by atoms with Gasteiger partial charge in [0.2, 0.25) is 5.91 Å². The SMILES string of the molecule is Cc1nc(-c2cccs2)ccc1C(=O)OCC(=O)Nc1cccc(N2CCCC2=O)c1. The summed E-state index contributed by atoms with van der Waals surface area (Å²) in [5.41, 5.74) is 2.93. The molecule has 158 valence electrons. The number of ether oxygens (including phenoxy) is 1. The molecule has 3 heterocycles. The number of amides is 2. The van der Waals surface area contributed by atoms with Crippen molar-refractivity contribution in [1.82, 2.24) is 4.98 Å². The molecule has 0 unspecified atom stereocenters. The quantitative estimate of drug-likeness (QED) is 0.591. The summed E-state index contributed by atoms with van der Waals surface area (Å²) < 4.78 is 5.17. The minimum atomic E-state index is -0.603. The van der Waals surface area contributed by atoms with Crippen molar-refractivity contribution in [2.75, 3.05) is 23.4 Å². The molecule has 1 N–H and O–H groups in total. The molecule has 1 aliphatic rings. The molecule has 4 rings (SSSR count). The number of thiophene rings is 1. The Kier molecular flexibility index (Phi) is 6.08. The van der Waals surface area contributed by atoms with Crippen LogP contribution in [0, 0.1) is 6.92 Å². The van der Waals surface area contributed by atoms with Crippen LogP contribution in [0.15, 0.2) is 53.9 Å². The molecule has 0 spiro atoms. The van der Waals surface area contributed by atoms with Crippen molar-refractivity contribution < 1.29 is 19.1 Å². The molecule has 7 nitrogen and oxygen atoms in total. The van der Waals surface area contributed by atoms with E-state index in [9.17, 15) is 14.4 Å². The Morgan fingerprint density at radius 1 is 1.19 bits per heavy atom. The Balaban J connectivity index is 1.35. The summed E-state index contributed by atoms with van der Waals surface area (Å²) in [6, 6.07) is 14.4. The molecule has 8 heteroatoms. The van der Waals surface area contributed by atoms with Crippen LogP contribution < -0.4 is 10.2 Å². The van der Waals surface area contributed by atoms with Gasteiger partial charge in [-0.1, -0.05) is 12.1 Å². The van der Waals surface area contributed by atoms with Gasteiger partial charge in [0.25, 0.3) is 5.91 Å². The third-order valence-electron chi connectivity index (χ3n) is 4.93.